The Labute approximate surface area is 77.5 Å². The minimum Gasteiger partial charge on any atom is -0.476 e. The molecule has 0 aliphatic heterocycles. The van der Waals surface area contributed by atoms with Crippen LogP contribution in [0.15, 0.2) is 11.5 Å². The maximum absolute atomic E-state index is 10.4. The third-order valence-corrected chi connectivity index (χ3v) is 1.97. The van der Waals surface area contributed by atoms with Crippen molar-refractivity contribution in [3.63, 3.8) is 0 Å². The smallest absolute Gasteiger partial charge is 0.365 e. The van der Waals surface area contributed by atoms with E-state index in [9.17, 15) is 9.59 Å². The van der Waals surface area contributed by atoms with Crippen molar-refractivity contribution in [1.82, 2.24) is 4.98 Å². The predicted molar refractivity (Wildman–Crippen MR) is 47.3 cm³/mol. The van der Waals surface area contributed by atoms with Gasteiger partial charge in [-0.15, -0.1) is 11.3 Å². The van der Waals surface area contributed by atoms with Gasteiger partial charge < -0.3 is 10.8 Å². The monoisotopic (exact) mass is 198 g/mol. The Balaban J connectivity index is 2.80. The normalized spacial score (nSPS) is 10.5. The van der Waals surface area contributed by atoms with Gasteiger partial charge in [-0.05, 0) is 6.08 Å². The van der Waals surface area contributed by atoms with E-state index < -0.39 is 11.9 Å². The number of thiazole rings is 1. The standard InChI is InChI=1S/C7H6N2O3S/c8-5(10)2-1-4-3-13-6(9-4)7(11)12/h1-3H,(H2,8,10)(H,11,12). The van der Waals surface area contributed by atoms with Gasteiger partial charge in [-0.25, -0.2) is 9.78 Å². The number of aromatic nitrogens is 1. The number of hydrogen-bond acceptors (Lipinski definition) is 4. The van der Waals surface area contributed by atoms with Crippen LogP contribution in [0, 0.1) is 0 Å². The average molecular weight is 198 g/mol. The minimum absolute atomic E-state index is 0.0101. The first-order valence-corrected chi connectivity index (χ1v) is 4.14. The van der Waals surface area contributed by atoms with E-state index in [0.717, 1.165) is 17.4 Å². The fourth-order valence-electron chi connectivity index (χ4n) is 0.628. The van der Waals surface area contributed by atoms with Crippen LogP contribution >= 0.6 is 11.3 Å². The second-order valence-corrected chi connectivity index (χ2v) is 2.98. The summed E-state index contributed by atoms with van der Waals surface area (Å²) < 4.78 is 0. The Morgan fingerprint density at radius 1 is 1.62 bits per heavy atom. The van der Waals surface area contributed by atoms with Crippen LogP contribution in [0.2, 0.25) is 0 Å². The van der Waals surface area contributed by atoms with Gasteiger partial charge >= 0.3 is 5.97 Å². The summed E-state index contributed by atoms with van der Waals surface area (Å²) in [4.78, 5) is 24.4. The molecular weight excluding hydrogens is 192 g/mol. The zero-order valence-corrected chi connectivity index (χ0v) is 7.25. The molecule has 68 valence electrons. The van der Waals surface area contributed by atoms with E-state index in [4.69, 9.17) is 10.8 Å². The molecule has 1 heterocycles. The maximum Gasteiger partial charge on any atom is 0.365 e. The molecule has 1 amide bonds. The second-order valence-electron chi connectivity index (χ2n) is 2.12. The van der Waals surface area contributed by atoms with Crippen LogP contribution in [-0.2, 0) is 4.79 Å². The van der Waals surface area contributed by atoms with Gasteiger partial charge in [0.15, 0.2) is 0 Å². The number of aromatic carboxylic acids is 1. The average Bonchev–Trinajstić information content (AvgIpc) is 2.48. The summed E-state index contributed by atoms with van der Waals surface area (Å²) in [5.41, 5.74) is 5.26. The lowest BCUT2D eigenvalue weighted by Gasteiger charge is -1.82. The summed E-state index contributed by atoms with van der Waals surface area (Å²) in [6, 6.07) is 0. The quantitative estimate of drug-likeness (QED) is 0.685. The molecule has 0 unspecified atom stereocenters. The van der Waals surface area contributed by atoms with Gasteiger partial charge in [0.05, 0.1) is 5.69 Å². The second kappa shape index (κ2) is 3.81. The van der Waals surface area contributed by atoms with Crippen LogP contribution in [0.25, 0.3) is 6.08 Å². The highest BCUT2D eigenvalue weighted by Crippen LogP contribution is 2.10. The van der Waals surface area contributed by atoms with E-state index in [1.165, 1.54) is 11.5 Å². The highest BCUT2D eigenvalue weighted by molar-refractivity contribution is 7.11. The summed E-state index contributed by atoms with van der Waals surface area (Å²) in [6.45, 7) is 0. The molecule has 0 aromatic carbocycles. The van der Waals surface area contributed by atoms with Crippen molar-refractivity contribution in [2.24, 2.45) is 5.73 Å². The summed E-state index contributed by atoms with van der Waals surface area (Å²) >= 11 is 0.995. The molecule has 0 atom stereocenters. The fourth-order valence-corrected chi connectivity index (χ4v) is 1.25. The van der Waals surface area contributed by atoms with Crippen molar-refractivity contribution in [3.05, 3.63) is 22.2 Å². The molecule has 0 saturated heterocycles. The molecule has 6 heteroatoms. The van der Waals surface area contributed by atoms with Crippen molar-refractivity contribution >= 4 is 29.3 Å². The molecule has 0 aliphatic rings. The molecule has 1 rings (SSSR count). The Bertz CT molecular complexity index is 370. The van der Waals surface area contributed by atoms with Gasteiger partial charge in [-0.2, -0.15) is 0 Å². The Hall–Kier alpha value is -1.69. The molecular formula is C7H6N2O3S. The fraction of sp³-hybridized carbons (Fsp3) is 0. The number of carbonyl (C=O) groups excluding carboxylic acids is 1. The van der Waals surface area contributed by atoms with Crippen LogP contribution in [-0.4, -0.2) is 22.0 Å². The van der Waals surface area contributed by atoms with Gasteiger partial charge in [-0.1, -0.05) is 0 Å². The zero-order valence-electron chi connectivity index (χ0n) is 6.43. The van der Waals surface area contributed by atoms with Crippen LogP contribution < -0.4 is 5.73 Å². The van der Waals surface area contributed by atoms with Crippen molar-refractivity contribution in [2.45, 2.75) is 0 Å². The first-order valence-electron chi connectivity index (χ1n) is 3.26. The van der Waals surface area contributed by atoms with E-state index in [-0.39, 0.29) is 5.01 Å². The van der Waals surface area contributed by atoms with Crippen LogP contribution in [0.5, 0.6) is 0 Å². The summed E-state index contributed by atoms with van der Waals surface area (Å²) in [7, 11) is 0. The number of nitrogens with two attached hydrogens (primary N) is 1. The van der Waals surface area contributed by atoms with Gasteiger partial charge in [0.2, 0.25) is 10.9 Å². The molecule has 0 saturated carbocycles. The zero-order chi connectivity index (χ0) is 9.84. The molecule has 0 radical (unpaired) electrons. The van der Waals surface area contributed by atoms with E-state index in [1.807, 2.05) is 0 Å². The first-order chi connectivity index (χ1) is 6.09. The third kappa shape index (κ3) is 2.68. The molecule has 1 aromatic rings. The molecule has 0 aliphatic carbocycles. The maximum atomic E-state index is 10.4. The van der Waals surface area contributed by atoms with Crippen LogP contribution in [0.4, 0.5) is 0 Å². The molecule has 5 nitrogen and oxygen atoms in total. The highest BCUT2D eigenvalue weighted by Gasteiger charge is 2.06. The first kappa shape index (κ1) is 9.40. The number of hydrogen-bond donors (Lipinski definition) is 2. The largest absolute Gasteiger partial charge is 0.476 e. The number of nitrogens with zero attached hydrogens (tertiary/aromatic N) is 1. The SMILES string of the molecule is NC(=O)C=Cc1csc(C(=O)O)n1. The Morgan fingerprint density at radius 2 is 2.31 bits per heavy atom. The van der Waals surface area contributed by atoms with Gasteiger partial charge in [0.25, 0.3) is 0 Å². The number of primary amides is 1. The number of carboxylic acids is 1. The topological polar surface area (TPSA) is 93.3 Å². The van der Waals surface area contributed by atoms with E-state index >= 15 is 0 Å². The van der Waals surface area contributed by atoms with Crippen LogP contribution in [0.1, 0.15) is 15.5 Å². The van der Waals surface area contributed by atoms with Crippen molar-refractivity contribution in [3.8, 4) is 0 Å². The highest BCUT2D eigenvalue weighted by atomic mass is 32.1. The van der Waals surface area contributed by atoms with Gasteiger partial charge in [0.1, 0.15) is 0 Å². The minimum atomic E-state index is -1.08. The van der Waals surface area contributed by atoms with Gasteiger partial charge in [0, 0.05) is 11.5 Å². The summed E-state index contributed by atoms with van der Waals surface area (Å²) in [5.74, 6) is -1.67. The molecule has 13 heavy (non-hydrogen) atoms. The number of carbonyl (C=O) groups is 2. The predicted octanol–water partition coefficient (Wildman–Crippen LogP) is 0.340. The van der Waals surface area contributed by atoms with Crippen molar-refractivity contribution in [1.29, 1.82) is 0 Å². The van der Waals surface area contributed by atoms with E-state index in [0.29, 0.717) is 5.69 Å². The number of amides is 1. The van der Waals surface area contributed by atoms with Crippen molar-refractivity contribution in [2.75, 3.05) is 0 Å². The molecule has 0 bridgehead atoms. The lowest BCUT2D eigenvalue weighted by molar-refractivity contribution is -0.113. The summed E-state index contributed by atoms with van der Waals surface area (Å²) in [6.07, 6.45) is 2.49. The molecule has 1 aromatic heterocycles. The molecule has 0 fully saturated rings. The van der Waals surface area contributed by atoms with Gasteiger partial charge in [-0.3, -0.25) is 4.79 Å². The lowest BCUT2D eigenvalue weighted by Crippen LogP contribution is -2.05. The third-order valence-electron chi connectivity index (χ3n) is 1.12. The van der Waals surface area contributed by atoms with Crippen molar-refractivity contribution < 1.29 is 14.7 Å². The molecule has 0 spiro atoms. The van der Waals surface area contributed by atoms with E-state index in [2.05, 4.69) is 4.98 Å². The van der Waals surface area contributed by atoms with E-state index in [1.54, 1.807) is 0 Å². The molecule has 3 N–H and O–H groups in total. The Morgan fingerprint density at radius 3 is 2.77 bits per heavy atom. The Kier molecular flexibility index (Phi) is 2.76. The van der Waals surface area contributed by atoms with Crippen LogP contribution in [0.3, 0.4) is 0 Å². The lowest BCUT2D eigenvalue weighted by atomic mass is 10.4. The summed E-state index contributed by atoms with van der Waals surface area (Å²) in [5, 5.41) is 10.0. The number of carboxylic acid groups (broad SMARTS) is 1. The number of rotatable bonds is 3.